The number of benzene rings is 1. The van der Waals surface area contributed by atoms with E-state index in [1.165, 1.54) is 24.0 Å². The fourth-order valence-corrected chi connectivity index (χ4v) is 1.65. The van der Waals surface area contributed by atoms with Gasteiger partial charge in [-0.15, -0.1) is 0 Å². The SMILES string of the molecule is C1=CC(/C=C/C=C/c2ccccc2)=CCC1. The number of hydrogen-bond acceptors (Lipinski definition) is 0. The zero-order chi connectivity index (χ0) is 11.1. The molecular weight excluding hydrogens is 192 g/mol. The Hall–Kier alpha value is -1.82. The third kappa shape index (κ3) is 3.39. The highest BCUT2D eigenvalue weighted by Gasteiger charge is 1.90. The lowest BCUT2D eigenvalue weighted by atomic mass is 10.1. The van der Waals surface area contributed by atoms with Gasteiger partial charge in [0.05, 0.1) is 0 Å². The van der Waals surface area contributed by atoms with E-state index in [4.69, 9.17) is 0 Å². The van der Waals surface area contributed by atoms with Gasteiger partial charge in [0.2, 0.25) is 0 Å². The fourth-order valence-electron chi connectivity index (χ4n) is 1.65. The Morgan fingerprint density at radius 2 is 1.69 bits per heavy atom. The molecule has 0 atom stereocenters. The van der Waals surface area contributed by atoms with Crippen molar-refractivity contribution in [1.82, 2.24) is 0 Å². The van der Waals surface area contributed by atoms with Crippen LogP contribution in [0.1, 0.15) is 18.4 Å². The summed E-state index contributed by atoms with van der Waals surface area (Å²) in [5.74, 6) is 0. The van der Waals surface area contributed by atoms with Crippen LogP contribution in [-0.2, 0) is 0 Å². The van der Waals surface area contributed by atoms with Gasteiger partial charge in [-0.2, -0.15) is 0 Å². The zero-order valence-electron chi connectivity index (χ0n) is 9.34. The number of hydrogen-bond donors (Lipinski definition) is 0. The first-order valence-corrected chi connectivity index (χ1v) is 5.72. The van der Waals surface area contributed by atoms with Gasteiger partial charge >= 0.3 is 0 Å². The second kappa shape index (κ2) is 5.92. The zero-order valence-corrected chi connectivity index (χ0v) is 9.34. The monoisotopic (exact) mass is 208 g/mol. The molecule has 1 aromatic rings. The van der Waals surface area contributed by atoms with Gasteiger partial charge in [0, 0.05) is 0 Å². The third-order valence-electron chi connectivity index (χ3n) is 2.51. The molecule has 0 N–H and O–H groups in total. The van der Waals surface area contributed by atoms with E-state index in [2.05, 4.69) is 66.8 Å². The largest absolute Gasteiger partial charge is 0.0836 e. The van der Waals surface area contributed by atoms with E-state index in [9.17, 15) is 0 Å². The minimum Gasteiger partial charge on any atom is -0.0836 e. The maximum absolute atomic E-state index is 2.27. The minimum absolute atomic E-state index is 1.17. The molecule has 0 radical (unpaired) electrons. The molecule has 0 heterocycles. The van der Waals surface area contributed by atoms with Crippen LogP contribution in [-0.4, -0.2) is 0 Å². The van der Waals surface area contributed by atoms with Crippen LogP contribution in [0.2, 0.25) is 0 Å². The van der Waals surface area contributed by atoms with Crippen molar-refractivity contribution in [1.29, 1.82) is 0 Å². The number of rotatable bonds is 3. The first kappa shape index (κ1) is 10.7. The fraction of sp³-hybridized carbons (Fsp3) is 0.125. The summed E-state index contributed by atoms with van der Waals surface area (Å²) >= 11 is 0. The molecule has 0 unspecified atom stereocenters. The van der Waals surface area contributed by atoms with Crippen LogP contribution < -0.4 is 0 Å². The molecule has 0 amide bonds. The van der Waals surface area contributed by atoms with E-state index in [0.717, 1.165) is 0 Å². The Bertz CT molecular complexity index is 430. The van der Waals surface area contributed by atoms with Crippen LogP contribution in [0, 0.1) is 0 Å². The molecule has 0 aliphatic heterocycles. The molecule has 0 spiro atoms. The minimum atomic E-state index is 1.17. The highest BCUT2D eigenvalue weighted by atomic mass is 14.0. The Kier molecular flexibility index (Phi) is 3.95. The van der Waals surface area contributed by atoms with E-state index in [1.54, 1.807) is 0 Å². The molecular formula is C16H16. The van der Waals surface area contributed by atoms with Gasteiger partial charge in [0.15, 0.2) is 0 Å². The first-order chi connectivity index (χ1) is 7.95. The van der Waals surface area contributed by atoms with E-state index in [-0.39, 0.29) is 0 Å². The van der Waals surface area contributed by atoms with E-state index in [1.807, 2.05) is 6.07 Å². The van der Waals surface area contributed by atoms with Gasteiger partial charge in [0.1, 0.15) is 0 Å². The Morgan fingerprint density at radius 3 is 2.44 bits per heavy atom. The Morgan fingerprint density at radius 1 is 0.875 bits per heavy atom. The highest BCUT2D eigenvalue weighted by Crippen LogP contribution is 2.10. The topological polar surface area (TPSA) is 0 Å². The smallest absolute Gasteiger partial charge is 0.0257 e. The van der Waals surface area contributed by atoms with Crippen molar-refractivity contribution in [3.63, 3.8) is 0 Å². The summed E-state index contributed by atoms with van der Waals surface area (Å²) in [5, 5.41) is 0. The molecule has 1 aromatic carbocycles. The summed E-state index contributed by atoms with van der Waals surface area (Å²) in [6.45, 7) is 0. The summed E-state index contributed by atoms with van der Waals surface area (Å²) in [6.07, 6.45) is 17.4. The average molecular weight is 208 g/mol. The summed E-state index contributed by atoms with van der Waals surface area (Å²) in [5.41, 5.74) is 2.55. The maximum atomic E-state index is 2.27. The van der Waals surface area contributed by atoms with Crippen LogP contribution in [0.25, 0.3) is 6.08 Å². The molecule has 0 bridgehead atoms. The molecule has 1 aliphatic carbocycles. The van der Waals surface area contributed by atoms with E-state index >= 15 is 0 Å². The van der Waals surface area contributed by atoms with Gasteiger partial charge in [-0.05, 0) is 24.0 Å². The van der Waals surface area contributed by atoms with Crippen molar-refractivity contribution in [2.24, 2.45) is 0 Å². The second-order valence-corrected chi connectivity index (χ2v) is 3.81. The molecule has 0 heteroatoms. The lowest BCUT2D eigenvalue weighted by Gasteiger charge is -1.99. The van der Waals surface area contributed by atoms with Gasteiger partial charge in [-0.1, -0.05) is 72.9 Å². The quantitative estimate of drug-likeness (QED) is 0.640. The molecule has 80 valence electrons. The molecule has 2 rings (SSSR count). The van der Waals surface area contributed by atoms with Gasteiger partial charge < -0.3 is 0 Å². The molecule has 0 saturated heterocycles. The van der Waals surface area contributed by atoms with Crippen molar-refractivity contribution in [3.05, 3.63) is 77.9 Å². The van der Waals surface area contributed by atoms with Crippen LogP contribution in [0.3, 0.4) is 0 Å². The third-order valence-corrected chi connectivity index (χ3v) is 2.51. The molecule has 16 heavy (non-hydrogen) atoms. The standard InChI is InChI=1S/C16H16/c1-3-9-15(10-4-1)13-7-8-14-16-11-5-2-6-12-16/h1,3-5,7-14H,2,6H2/b13-7+,14-8+. The van der Waals surface area contributed by atoms with Gasteiger partial charge in [-0.25, -0.2) is 0 Å². The predicted molar refractivity (Wildman–Crippen MR) is 71.1 cm³/mol. The molecule has 0 nitrogen and oxygen atoms in total. The predicted octanol–water partition coefficient (Wildman–Crippen LogP) is 4.53. The van der Waals surface area contributed by atoms with E-state index < -0.39 is 0 Å². The molecule has 0 aromatic heterocycles. The lowest BCUT2D eigenvalue weighted by molar-refractivity contribution is 1.03. The summed E-state index contributed by atoms with van der Waals surface area (Å²) in [6, 6.07) is 10.3. The van der Waals surface area contributed by atoms with E-state index in [0.29, 0.717) is 0 Å². The molecule has 1 aliphatic rings. The summed E-state index contributed by atoms with van der Waals surface area (Å²) < 4.78 is 0. The number of allylic oxidation sites excluding steroid dienone is 7. The normalized spacial score (nSPS) is 15.9. The van der Waals surface area contributed by atoms with Gasteiger partial charge in [-0.3, -0.25) is 0 Å². The van der Waals surface area contributed by atoms with Crippen molar-refractivity contribution < 1.29 is 0 Å². The maximum Gasteiger partial charge on any atom is -0.0257 e. The van der Waals surface area contributed by atoms with Crippen molar-refractivity contribution in [2.75, 3.05) is 0 Å². The molecule has 0 saturated carbocycles. The Balaban J connectivity index is 1.92. The first-order valence-electron chi connectivity index (χ1n) is 5.72. The van der Waals surface area contributed by atoms with Gasteiger partial charge in [0.25, 0.3) is 0 Å². The summed E-state index contributed by atoms with van der Waals surface area (Å²) in [7, 11) is 0. The molecule has 0 fully saturated rings. The van der Waals surface area contributed by atoms with Crippen LogP contribution in [0.15, 0.2) is 72.4 Å². The van der Waals surface area contributed by atoms with Crippen LogP contribution >= 0.6 is 0 Å². The highest BCUT2D eigenvalue weighted by molar-refractivity contribution is 5.51. The van der Waals surface area contributed by atoms with Crippen molar-refractivity contribution in [3.8, 4) is 0 Å². The average Bonchev–Trinajstić information content (AvgIpc) is 2.37. The van der Waals surface area contributed by atoms with Crippen LogP contribution in [0.5, 0.6) is 0 Å². The summed E-state index contributed by atoms with van der Waals surface area (Å²) in [4.78, 5) is 0. The van der Waals surface area contributed by atoms with Crippen molar-refractivity contribution in [2.45, 2.75) is 12.8 Å². The Labute approximate surface area is 97.3 Å². The van der Waals surface area contributed by atoms with Crippen LogP contribution in [0.4, 0.5) is 0 Å². The van der Waals surface area contributed by atoms with Crippen molar-refractivity contribution >= 4 is 6.08 Å². The second-order valence-electron chi connectivity index (χ2n) is 3.81. The lowest BCUT2D eigenvalue weighted by Crippen LogP contribution is -1.79.